The van der Waals surface area contributed by atoms with Crippen LogP contribution in [-0.2, 0) is 20.8 Å². The summed E-state index contributed by atoms with van der Waals surface area (Å²) in [7, 11) is 0. The first-order chi connectivity index (χ1) is 13.9. The molecule has 0 spiro atoms. The lowest BCUT2D eigenvalue weighted by Gasteiger charge is -2.27. The number of rotatable bonds is 6. The fourth-order valence-electron chi connectivity index (χ4n) is 3.62. The fraction of sp³-hybridized carbons (Fsp3) is 0.409. The molecule has 6 nitrogen and oxygen atoms in total. The van der Waals surface area contributed by atoms with Gasteiger partial charge in [-0.1, -0.05) is 30.3 Å². The molecule has 7 heteroatoms. The third-order valence-electron chi connectivity index (χ3n) is 4.93. The Bertz CT molecular complexity index is 899. The summed E-state index contributed by atoms with van der Waals surface area (Å²) in [5.41, 5.74) is 1.76. The van der Waals surface area contributed by atoms with Gasteiger partial charge in [0.25, 0.3) is 0 Å². The van der Waals surface area contributed by atoms with Gasteiger partial charge in [-0.05, 0) is 53.5 Å². The molecule has 2 aliphatic heterocycles. The second-order valence-electron chi connectivity index (χ2n) is 7.60. The van der Waals surface area contributed by atoms with Gasteiger partial charge in [-0.25, -0.2) is 0 Å². The van der Waals surface area contributed by atoms with Crippen LogP contribution in [0.3, 0.4) is 0 Å². The highest BCUT2D eigenvalue weighted by atomic mass is 79.9. The van der Waals surface area contributed by atoms with Crippen molar-refractivity contribution in [3.05, 3.63) is 64.1 Å². The maximum absolute atomic E-state index is 9.07. The molecule has 2 heterocycles. The number of nitrogens with zero attached hydrogens (tertiary/aromatic N) is 1. The van der Waals surface area contributed by atoms with Gasteiger partial charge in [0.15, 0.2) is 24.3 Å². The van der Waals surface area contributed by atoms with E-state index in [1.54, 1.807) is 18.2 Å². The van der Waals surface area contributed by atoms with Crippen LogP contribution in [-0.4, -0.2) is 36.9 Å². The molecule has 0 aromatic heterocycles. The SMILES string of the molecule is CC1(C)O[C@H]2O[C@H](CNCc3ccccc3)[C@H](Oc3ccc(C#N)cc3Br)[C@H]2O1. The molecule has 4 atom stereocenters. The van der Waals surface area contributed by atoms with Crippen LogP contribution in [0, 0.1) is 11.3 Å². The van der Waals surface area contributed by atoms with Gasteiger partial charge >= 0.3 is 0 Å². The van der Waals surface area contributed by atoms with Crippen molar-refractivity contribution in [1.82, 2.24) is 5.32 Å². The normalized spacial score (nSPS) is 27.4. The maximum atomic E-state index is 9.07. The third-order valence-corrected chi connectivity index (χ3v) is 5.55. The Morgan fingerprint density at radius 3 is 2.69 bits per heavy atom. The predicted octanol–water partition coefficient (Wildman–Crippen LogP) is 3.73. The van der Waals surface area contributed by atoms with Crippen LogP contribution in [0.25, 0.3) is 0 Å². The van der Waals surface area contributed by atoms with E-state index < -0.39 is 12.1 Å². The summed E-state index contributed by atoms with van der Waals surface area (Å²) in [6.45, 7) is 5.06. The van der Waals surface area contributed by atoms with E-state index in [1.165, 1.54) is 5.56 Å². The minimum atomic E-state index is -0.721. The van der Waals surface area contributed by atoms with Crippen LogP contribution in [0.4, 0.5) is 0 Å². The Balaban J connectivity index is 1.47. The second-order valence-corrected chi connectivity index (χ2v) is 8.45. The minimum absolute atomic E-state index is 0.243. The number of hydrogen-bond acceptors (Lipinski definition) is 6. The topological polar surface area (TPSA) is 72.7 Å². The molecule has 2 aromatic rings. The Morgan fingerprint density at radius 1 is 1.17 bits per heavy atom. The summed E-state index contributed by atoms with van der Waals surface area (Å²) in [6, 6.07) is 17.6. The highest BCUT2D eigenvalue weighted by Gasteiger charge is 2.56. The van der Waals surface area contributed by atoms with Crippen molar-refractivity contribution >= 4 is 15.9 Å². The fourth-order valence-corrected chi connectivity index (χ4v) is 4.09. The second kappa shape index (κ2) is 8.42. The molecule has 4 rings (SSSR count). The number of nitriles is 1. The summed E-state index contributed by atoms with van der Waals surface area (Å²) in [6.07, 6.45) is -1.41. The molecule has 2 aliphatic rings. The number of halogens is 1. The van der Waals surface area contributed by atoms with Gasteiger partial charge in [0, 0.05) is 13.1 Å². The highest BCUT2D eigenvalue weighted by Crippen LogP contribution is 2.40. The van der Waals surface area contributed by atoms with Gasteiger partial charge in [0.05, 0.1) is 16.1 Å². The standard InChI is InChI=1S/C22H23BrN2O4/c1-22(2)28-20-19(26-17-9-8-15(11-24)10-16(17)23)18(27-21(20)29-22)13-25-12-14-6-4-3-5-7-14/h3-10,18-21,25H,12-13H2,1-2H3/t18-,19+,20-,21-/m1/s1. The molecule has 0 saturated carbocycles. The van der Waals surface area contributed by atoms with Crippen molar-refractivity contribution in [1.29, 1.82) is 5.26 Å². The van der Waals surface area contributed by atoms with Gasteiger partial charge in [-0.3, -0.25) is 0 Å². The van der Waals surface area contributed by atoms with Crippen LogP contribution < -0.4 is 10.1 Å². The quantitative estimate of drug-likeness (QED) is 0.710. The third kappa shape index (κ3) is 4.63. The summed E-state index contributed by atoms with van der Waals surface area (Å²) in [4.78, 5) is 0. The minimum Gasteiger partial charge on any atom is -0.484 e. The van der Waals surface area contributed by atoms with Crippen molar-refractivity contribution in [2.45, 2.75) is 50.8 Å². The van der Waals surface area contributed by atoms with Crippen molar-refractivity contribution in [2.75, 3.05) is 6.54 Å². The highest BCUT2D eigenvalue weighted by molar-refractivity contribution is 9.10. The molecule has 0 amide bonds. The van der Waals surface area contributed by atoms with Crippen molar-refractivity contribution in [3.63, 3.8) is 0 Å². The first kappa shape index (κ1) is 20.3. The van der Waals surface area contributed by atoms with E-state index in [-0.39, 0.29) is 18.3 Å². The molecular weight excluding hydrogens is 436 g/mol. The van der Waals surface area contributed by atoms with Gasteiger partial charge in [-0.15, -0.1) is 0 Å². The summed E-state index contributed by atoms with van der Waals surface area (Å²) in [5, 5.41) is 12.5. The van der Waals surface area contributed by atoms with Crippen molar-refractivity contribution in [2.24, 2.45) is 0 Å². The molecule has 29 heavy (non-hydrogen) atoms. The van der Waals surface area contributed by atoms with Crippen LogP contribution >= 0.6 is 15.9 Å². The summed E-state index contributed by atoms with van der Waals surface area (Å²) < 4.78 is 25.1. The van der Waals surface area contributed by atoms with E-state index in [0.29, 0.717) is 22.3 Å². The lowest BCUT2D eigenvalue weighted by Crippen LogP contribution is -2.43. The van der Waals surface area contributed by atoms with Gasteiger partial charge in [0.2, 0.25) is 0 Å². The van der Waals surface area contributed by atoms with Crippen LogP contribution in [0.2, 0.25) is 0 Å². The lowest BCUT2D eigenvalue weighted by molar-refractivity contribution is -0.212. The molecule has 0 unspecified atom stereocenters. The van der Waals surface area contributed by atoms with E-state index in [2.05, 4.69) is 39.4 Å². The zero-order valence-corrected chi connectivity index (χ0v) is 17.9. The first-order valence-corrected chi connectivity index (χ1v) is 10.4. The molecular formula is C22H23BrN2O4. The molecule has 2 saturated heterocycles. The summed E-state index contributed by atoms with van der Waals surface area (Å²) in [5.74, 6) is -0.0824. The number of ether oxygens (including phenoxy) is 4. The Hall–Kier alpha value is -1.95. The first-order valence-electron chi connectivity index (χ1n) is 9.57. The van der Waals surface area contributed by atoms with E-state index in [0.717, 1.165) is 6.54 Å². The largest absolute Gasteiger partial charge is 0.484 e. The van der Waals surface area contributed by atoms with E-state index >= 15 is 0 Å². The molecule has 2 aromatic carbocycles. The molecule has 0 aliphatic carbocycles. The number of benzene rings is 2. The zero-order valence-electron chi connectivity index (χ0n) is 16.3. The molecule has 1 N–H and O–H groups in total. The van der Waals surface area contributed by atoms with E-state index in [9.17, 15) is 0 Å². The van der Waals surface area contributed by atoms with Crippen LogP contribution in [0.5, 0.6) is 5.75 Å². The zero-order chi connectivity index (χ0) is 20.4. The maximum Gasteiger partial charge on any atom is 0.191 e. The Labute approximate surface area is 178 Å². The average Bonchev–Trinajstić information content (AvgIpc) is 3.16. The van der Waals surface area contributed by atoms with Crippen molar-refractivity contribution in [3.8, 4) is 11.8 Å². The molecule has 152 valence electrons. The molecule has 0 radical (unpaired) electrons. The average molecular weight is 459 g/mol. The summed E-state index contributed by atoms with van der Waals surface area (Å²) >= 11 is 3.49. The van der Waals surface area contributed by atoms with E-state index in [1.807, 2.05) is 32.0 Å². The van der Waals surface area contributed by atoms with Gasteiger partial charge < -0.3 is 24.3 Å². The van der Waals surface area contributed by atoms with Crippen molar-refractivity contribution < 1.29 is 18.9 Å². The Kier molecular flexibility index (Phi) is 5.91. The number of fused-ring (bicyclic) bond motifs is 1. The van der Waals surface area contributed by atoms with E-state index in [4.69, 9.17) is 24.2 Å². The van der Waals surface area contributed by atoms with Crippen LogP contribution in [0.15, 0.2) is 53.0 Å². The smallest absolute Gasteiger partial charge is 0.191 e. The predicted molar refractivity (Wildman–Crippen MR) is 110 cm³/mol. The molecule has 2 fully saturated rings. The number of nitrogens with one attached hydrogen (secondary N) is 1. The molecule has 0 bridgehead atoms. The lowest BCUT2D eigenvalue weighted by atomic mass is 10.1. The van der Waals surface area contributed by atoms with Gasteiger partial charge in [0.1, 0.15) is 11.9 Å². The Morgan fingerprint density at radius 2 is 1.97 bits per heavy atom. The van der Waals surface area contributed by atoms with Gasteiger partial charge in [-0.2, -0.15) is 5.26 Å². The van der Waals surface area contributed by atoms with Crippen LogP contribution in [0.1, 0.15) is 25.0 Å². The number of hydrogen-bond donors (Lipinski definition) is 1. The monoisotopic (exact) mass is 458 g/mol.